The van der Waals surface area contributed by atoms with Crippen LogP contribution in [0.25, 0.3) is 21.7 Å². The third-order valence-corrected chi connectivity index (χ3v) is 7.76. The molecule has 2 aliphatic rings. The van der Waals surface area contributed by atoms with Crippen LogP contribution in [-0.2, 0) is 0 Å². The predicted octanol–water partition coefficient (Wildman–Crippen LogP) is 4.82. The van der Waals surface area contributed by atoms with Gasteiger partial charge in [-0.05, 0) is 57.4 Å². The summed E-state index contributed by atoms with van der Waals surface area (Å²) in [6.07, 6.45) is 1.48. The van der Waals surface area contributed by atoms with Crippen molar-refractivity contribution in [3.05, 3.63) is 53.3 Å². The van der Waals surface area contributed by atoms with Gasteiger partial charge in [-0.15, -0.1) is 0 Å². The van der Waals surface area contributed by atoms with Crippen LogP contribution < -0.4 is 10.6 Å². The second-order valence-electron chi connectivity index (χ2n) is 9.69. The summed E-state index contributed by atoms with van der Waals surface area (Å²) in [7, 11) is 1.81. The monoisotopic (exact) mass is 490 g/mol. The normalized spacial score (nSPS) is 17.1. The van der Waals surface area contributed by atoms with E-state index in [1.807, 2.05) is 24.8 Å². The summed E-state index contributed by atoms with van der Waals surface area (Å²) < 4.78 is 0. The molecule has 9 heteroatoms. The van der Waals surface area contributed by atoms with Crippen molar-refractivity contribution in [2.24, 2.45) is 0 Å². The summed E-state index contributed by atoms with van der Waals surface area (Å²) in [6.45, 7) is 7.89. The van der Waals surface area contributed by atoms with Gasteiger partial charge >= 0.3 is 12.1 Å². The van der Waals surface area contributed by atoms with Gasteiger partial charge in [-0.25, -0.2) is 14.6 Å². The van der Waals surface area contributed by atoms with E-state index in [9.17, 15) is 9.59 Å². The van der Waals surface area contributed by atoms with Crippen molar-refractivity contribution in [2.45, 2.75) is 39.2 Å². The molecule has 2 aliphatic heterocycles. The molecule has 0 saturated carbocycles. The van der Waals surface area contributed by atoms with Crippen LogP contribution >= 0.6 is 11.3 Å². The number of urea groups is 2. The molecular weight excluding hydrogens is 460 g/mol. The molecule has 0 atom stereocenters. The van der Waals surface area contributed by atoms with Crippen molar-refractivity contribution < 1.29 is 9.59 Å². The molecule has 2 fully saturated rings. The van der Waals surface area contributed by atoms with Crippen molar-refractivity contribution in [2.75, 3.05) is 32.0 Å². The van der Waals surface area contributed by atoms with Gasteiger partial charge < -0.3 is 15.1 Å². The Kier molecular flexibility index (Phi) is 5.96. The Bertz CT molecular complexity index is 1270. The summed E-state index contributed by atoms with van der Waals surface area (Å²) in [6, 6.07) is 12.2. The zero-order valence-electron chi connectivity index (χ0n) is 20.5. The Hall–Kier alpha value is -3.46. The minimum atomic E-state index is -0.230. The minimum absolute atomic E-state index is 0.0384. The number of thiazole rings is 1. The summed E-state index contributed by atoms with van der Waals surface area (Å²) in [5.41, 5.74) is 5.73. The number of nitrogens with zero attached hydrogens (tertiary/aromatic N) is 4. The number of aryl methyl sites for hydroxylation is 3. The first-order chi connectivity index (χ1) is 16.7. The second kappa shape index (κ2) is 8.96. The number of piperidine rings is 1. The van der Waals surface area contributed by atoms with Gasteiger partial charge in [-0.1, -0.05) is 35.1 Å². The van der Waals surface area contributed by atoms with Gasteiger partial charge in [0, 0.05) is 43.6 Å². The first kappa shape index (κ1) is 23.3. The first-order valence-corrected chi connectivity index (χ1v) is 12.7. The Balaban J connectivity index is 1.38. The number of likely N-dealkylation sites (N-methyl/N-ethyl adjacent to an activating group) is 1. The van der Waals surface area contributed by atoms with Gasteiger partial charge in [0.2, 0.25) is 0 Å². The van der Waals surface area contributed by atoms with E-state index in [1.54, 1.807) is 11.9 Å². The third kappa shape index (κ3) is 4.73. The third-order valence-electron chi connectivity index (χ3n) is 6.74. The fraction of sp³-hybridized carbons (Fsp3) is 0.385. The number of hydrogen-bond donors (Lipinski definition) is 2. The first-order valence-electron chi connectivity index (χ1n) is 11.8. The zero-order valence-corrected chi connectivity index (χ0v) is 21.3. The summed E-state index contributed by atoms with van der Waals surface area (Å²) >= 11 is 1.48. The largest absolute Gasteiger partial charge is 0.331 e. The molecule has 4 amide bonds. The fourth-order valence-corrected chi connectivity index (χ4v) is 5.97. The molecule has 2 saturated heterocycles. The van der Waals surface area contributed by atoms with Crippen LogP contribution in [0.4, 0.5) is 14.7 Å². The molecule has 8 nitrogen and oxygen atoms in total. The highest BCUT2D eigenvalue weighted by atomic mass is 32.1. The molecule has 0 unspecified atom stereocenters. The van der Waals surface area contributed by atoms with E-state index in [0.717, 1.165) is 51.5 Å². The maximum Gasteiger partial charge on any atom is 0.323 e. The number of nitrogens with one attached hydrogen (secondary N) is 2. The molecule has 5 rings (SSSR count). The van der Waals surface area contributed by atoms with E-state index < -0.39 is 0 Å². The number of benzene rings is 1. The lowest BCUT2D eigenvalue weighted by atomic mass is 9.88. The van der Waals surface area contributed by atoms with Gasteiger partial charge in [0.05, 0.1) is 16.1 Å². The van der Waals surface area contributed by atoms with E-state index in [4.69, 9.17) is 4.98 Å². The summed E-state index contributed by atoms with van der Waals surface area (Å²) in [5.74, 6) is 0. The number of amides is 4. The van der Waals surface area contributed by atoms with Crippen molar-refractivity contribution in [3.63, 3.8) is 0 Å². The number of carbonyl (C=O) groups excluding carboxylic acids is 2. The maximum atomic E-state index is 13.1. The standard InChI is InChI=1S/C26H30N6O2S/c1-16-6-5-7-19(12-16)21-22(20-13-17(2)27-18(3)14-20)35-23(28-21)29-24(33)32-10-8-26(9-11-32)15-31(4)25(34)30-26/h5-7,12-14H,8-11,15H2,1-4H3,(H,30,34)(H,28,29,33). The highest BCUT2D eigenvalue weighted by Crippen LogP contribution is 2.40. The molecule has 0 bridgehead atoms. The lowest BCUT2D eigenvalue weighted by Crippen LogP contribution is -2.54. The smallest absolute Gasteiger partial charge is 0.323 e. The van der Waals surface area contributed by atoms with Crippen LogP contribution in [0.15, 0.2) is 36.4 Å². The van der Waals surface area contributed by atoms with Gasteiger partial charge in [0.25, 0.3) is 0 Å². The summed E-state index contributed by atoms with van der Waals surface area (Å²) in [4.78, 5) is 39.0. The quantitative estimate of drug-likeness (QED) is 0.551. The Labute approximate surface area is 209 Å². The number of aromatic nitrogens is 2. The molecule has 182 valence electrons. The molecule has 1 spiro atoms. The van der Waals surface area contributed by atoms with Crippen LogP contribution in [0.3, 0.4) is 0 Å². The number of hydrogen-bond acceptors (Lipinski definition) is 5. The van der Waals surface area contributed by atoms with Crippen LogP contribution in [0.5, 0.6) is 0 Å². The number of likely N-dealkylation sites (tertiary alicyclic amines) is 1. The molecule has 4 heterocycles. The van der Waals surface area contributed by atoms with E-state index in [-0.39, 0.29) is 17.6 Å². The molecule has 2 N–H and O–H groups in total. The predicted molar refractivity (Wildman–Crippen MR) is 139 cm³/mol. The lowest BCUT2D eigenvalue weighted by molar-refractivity contribution is 0.162. The molecule has 3 aromatic rings. The Morgan fingerprint density at radius 1 is 1.06 bits per heavy atom. The molecule has 2 aromatic heterocycles. The average molecular weight is 491 g/mol. The summed E-state index contributed by atoms with van der Waals surface area (Å²) in [5, 5.41) is 6.71. The van der Waals surface area contributed by atoms with Crippen molar-refractivity contribution in [1.29, 1.82) is 0 Å². The van der Waals surface area contributed by atoms with Gasteiger partial charge in [-0.2, -0.15) is 0 Å². The molecular formula is C26H30N6O2S. The Morgan fingerprint density at radius 3 is 2.40 bits per heavy atom. The minimum Gasteiger partial charge on any atom is -0.331 e. The molecule has 0 aliphatic carbocycles. The van der Waals surface area contributed by atoms with Gasteiger partial charge in [-0.3, -0.25) is 10.3 Å². The fourth-order valence-electron chi connectivity index (χ4n) is 5.00. The van der Waals surface area contributed by atoms with Crippen molar-refractivity contribution >= 4 is 28.5 Å². The zero-order chi connectivity index (χ0) is 24.7. The topological polar surface area (TPSA) is 90.5 Å². The lowest BCUT2D eigenvalue weighted by Gasteiger charge is -2.38. The molecule has 35 heavy (non-hydrogen) atoms. The molecule has 0 radical (unpaired) electrons. The van der Waals surface area contributed by atoms with Gasteiger partial charge in [0.15, 0.2) is 5.13 Å². The maximum absolute atomic E-state index is 13.1. The Morgan fingerprint density at radius 2 is 1.77 bits per heavy atom. The highest BCUT2D eigenvalue weighted by molar-refractivity contribution is 7.19. The van der Waals surface area contributed by atoms with E-state index >= 15 is 0 Å². The number of anilines is 1. The highest BCUT2D eigenvalue weighted by Gasteiger charge is 2.43. The van der Waals surface area contributed by atoms with E-state index in [2.05, 4.69) is 52.9 Å². The molecule has 1 aromatic carbocycles. The number of carbonyl (C=O) groups is 2. The second-order valence-corrected chi connectivity index (χ2v) is 10.7. The SMILES string of the molecule is Cc1cccc(-c2nc(NC(=O)N3CCC4(CC3)CN(C)C(=O)N4)sc2-c2cc(C)nc(C)c2)c1. The number of pyridine rings is 1. The van der Waals surface area contributed by atoms with Crippen molar-refractivity contribution in [1.82, 2.24) is 25.1 Å². The van der Waals surface area contributed by atoms with Crippen LogP contribution in [0.1, 0.15) is 29.8 Å². The van der Waals surface area contributed by atoms with E-state index in [0.29, 0.717) is 24.8 Å². The van der Waals surface area contributed by atoms with E-state index in [1.165, 1.54) is 11.3 Å². The van der Waals surface area contributed by atoms with Crippen molar-refractivity contribution in [3.8, 4) is 21.7 Å². The number of rotatable bonds is 3. The van der Waals surface area contributed by atoms with Gasteiger partial charge in [0.1, 0.15) is 0 Å². The van der Waals surface area contributed by atoms with Crippen LogP contribution in [-0.4, -0.2) is 64.1 Å². The van der Waals surface area contributed by atoms with Crippen LogP contribution in [0, 0.1) is 20.8 Å². The van der Waals surface area contributed by atoms with Crippen LogP contribution in [0.2, 0.25) is 0 Å². The average Bonchev–Trinajstić information content (AvgIpc) is 3.34.